The molecule has 1 aliphatic carbocycles. The standard InChI is InChI=1S/C33H26ClF2N7O4/c34-24-16-30(43-9-8-38-41-43)37-17-21(24)18-47-32-3-1-2-27(40-32)23-15-25(35)20(12-26(23)36)14-31-39-28-7-4-19(33(44)45)13-29(28)42(31)10-11-46-22-5-6-22/h1-4,7-9,12-13,15-17,22H,5-6,10-11,14,18H2,(H,44,45). The van der Waals surface area contributed by atoms with Crippen molar-refractivity contribution in [3.63, 3.8) is 0 Å². The number of imidazole rings is 1. The van der Waals surface area contributed by atoms with Crippen LogP contribution in [0.2, 0.25) is 5.02 Å². The quantitative estimate of drug-likeness (QED) is 0.167. The monoisotopic (exact) mass is 657 g/mol. The van der Waals surface area contributed by atoms with Gasteiger partial charge >= 0.3 is 5.97 Å². The third kappa shape index (κ3) is 6.67. The lowest BCUT2D eigenvalue weighted by molar-refractivity contribution is 0.0697. The Morgan fingerprint density at radius 2 is 1.91 bits per heavy atom. The molecule has 0 unspecified atom stereocenters. The molecule has 7 rings (SSSR count). The molecule has 2 aromatic carbocycles. The summed E-state index contributed by atoms with van der Waals surface area (Å²) in [7, 11) is 0. The van der Waals surface area contributed by atoms with Gasteiger partial charge in [-0.1, -0.05) is 22.9 Å². The number of aromatic carboxylic acids is 1. The fourth-order valence-electron chi connectivity index (χ4n) is 5.13. The molecule has 0 atom stereocenters. The number of carbonyl (C=O) groups is 1. The van der Waals surface area contributed by atoms with Gasteiger partial charge in [0.2, 0.25) is 5.88 Å². The molecule has 0 amide bonds. The van der Waals surface area contributed by atoms with E-state index in [1.54, 1.807) is 42.7 Å². The van der Waals surface area contributed by atoms with Gasteiger partial charge < -0.3 is 19.1 Å². The number of pyridine rings is 2. The first-order valence-electron chi connectivity index (χ1n) is 14.8. The zero-order valence-electron chi connectivity index (χ0n) is 24.7. The van der Waals surface area contributed by atoms with Crippen LogP contribution in [0.1, 0.15) is 40.2 Å². The van der Waals surface area contributed by atoms with Gasteiger partial charge in [0.25, 0.3) is 0 Å². The highest BCUT2D eigenvalue weighted by atomic mass is 35.5. The highest BCUT2D eigenvalue weighted by molar-refractivity contribution is 6.31. The first-order chi connectivity index (χ1) is 22.8. The number of carboxylic acid groups (broad SMARTS) is 1. The first-order valence-corrected chi connectivity index (χ1v) is 15.1. The summed E-state index contributed by atoms with van der Waals surface area (Å²) in [6.07, 6.45) is 6.93. The molecule has 0 bridgehead atoms. The Hall–Kier alpha value is -5.27. The van der Waals surface area contributed by atoms with Crippen LogP contribution in [0.3, 0.4) is 0 Å². The zero-order chi connectivity index (χ0) is 32.5. The third-order valence-electron chi connectivity index (χ3n) is 7.70. The zero-order valence-corrected chi connectivity index (χ0v) is 25.4. The molecule has 1 aliphatic rings. The topological polar surface area (TPSA) is 130 Å². The summed E-state index contributed by atoms with van der Waals surface area (Å²) in [4.78, 5) is 24.9. The number of aromatic nitrogens is 7. The number of hydrogen-bond acceptors (Lipinski definition) is 8. The van der Waals surface area contributed by atoms with E-state index >= 15 is 8.78 Å². The second kappa shape index (κ2) is 12.9. The molecule has 6 aromatic rings. The fourth-order valence-corrected chi connectivity index (χ4v) is 5.33. The second-order valence-corrected chi connectivity index (χ2v) is 11.4. The molecule has 1 N–H and O–H groups in total. The van der Waals surface area contributed by atoms with Crippen LogP contribution < -0.4 is 4.74 Å². The van der Waals surface area contributed by atoms with E-state index in [2.05, 4.69) is 25.3 Å². The lowest BCUT2D eigenvalue weighted by Gasteiger charge is -2.12. The van der Waals surface area contributed by atoms with Crippen LogP contribution in [0, 0.1) is 11.6 Å². The highest BCUT2D eigenvalue weighted by Gasteiger charge is 2.23. The Morgan fingerprint density at radius 3 is 2.68 bits per heavy atom. The predicted molar refractivity (Wildman–Crippen MR) is 167 cm³/mol. The second-order valence-electron chi connectivity index (χ2n) is 11.0. The van der Waals surface area contributed by atoms with E-state index in [-0.39, 0.29) is 47.4 Å². The van der Waals surface area contributed by atoms with Crippen LogP contribution in [0.15, 0.2) is 73.2 Å². The Bertz CT molecular complexity index is 2100. The summed E-state index contributed by atoms with van der Waals surface area (Å²) in [5.41, 5.74) is 2.07. The number of rotatable bonds is 12. The van der Waals surface area contributed by atoms with Crippen molar-refractivity contribution in [2.45, 2.75) is 38.5 Å². The lowest BCUT2D eigenvalue weighted by atomic mass is 10.0. The predicted octanol–water partition coefficient (Wildman–Crippen LogP) is 6.05. The van der Waals surface area contributed by atoms with E-state index in [1.807, 2.05) is 4.57 Å². The van der Waals surface area contributed by atoms with Crippen molar-refractivity contribution in [3.05, 3.63) is 112 Å². The molecular formula is C33H26ClF2N7O4. The highest BCUT2D eigenvalue weighted by Crippen LogP contribution is 2.29. The summed E-state index contributed by atoms with van der Waals surface area (Å²) in [6.45, 7) is 0.811. The van der Waals surface area contributed by atoms with Crippen molar-refractivity contribution >= 4 is 28.6 Å². The summed E-state index contributed by atoms with van der Waals surface area (Å²) in [5.74, 6) is -1.24. The van der Waals surface area contributed by atoms with Crippen LogP contribution in [0.4, 0.5) is 8.78 Å². The minimum atomic E-state index is -1.07. The number of nitrogens with zero attached hydrogens (tertiary/aromatic N) is 7. The summed E-state index contributed by atoms with van der Waals surface area (Å²) >= 11 is 6.41. The van der Waals surface area contributed by atoms with Crippen molar-refractivity contribution in [1.82, 2.24) is 34.5 Å². The van der Waals surface area contributed by atoms with E-state index in [0.29, 0.717) is 46.4 Å². The third-order valence-corrected chi connectivity index (χ3v) is 8.05. The van der Waals surface area contributed by atoms with Gasteiger partial charge in [-0.25, -0.2) is 33.2 Å². The molecule has 1 saturated carbocycles. The number of fused-ring (bicyclic) bond motifs is 1. The Kier molecular flexibility index (Phi) is 8.31. The molecule has 4 aromatic heterocycles. The SMILES string of the molecule is O=C(O)c1ccc2nc(Cc3cc(F)c(-c4cccc(OCc5cnc(-n6ccnn6)cc5Cl)n4)cc3F)n(CCOC3CC3)c2c1. The average Bonchev–Trinajstić information content (AvgIpc) is 3.59. The van der Waals surface area contributed by atoms with Crippen LogP contribution in [-0.2, 0) is 24.3 Å². The molecule has 0 saturated heterocycles. The molecule has 11 nitrogen and oxygen atoms in total. The summed E-state index contributed by atoms with van der Waals surface area (Å²) < 4.78 is 46.0. The molecule has 0 radical (unpaired) electrons. The summed E-state index contributed by atoms with van der Waals surface area (Å²) in [5, 5.41) is 17.5. The van der Waals surface area contributed by atoms with Gasteiger partial charge in [-0.2, -0.15) is 0 Å². The summed E-state index contributed by atoms with van der Waals surface area (Å²) in [6, 6.07) is 13.3. The van der Waals surface area contributed by atoms with Crippen LogP contribution in [0.5, 0.6) is 5.88 Å². The van der Waals surface area contributed by atoms with Gasteiger partial charge in [-0.05, 0) is 54.8 Å². The van der Waals surface area contributed by atoms with Crippen molar-refractivity contribution < 1.29 is 28.2 Å². The van der Waals surface area contributed by atoms with Gasteiger partial charge in [0.1, 0.15) is 24.1 Å². The largest absolute Gasteiger partial charge is 0.478 e. The fraction of sp³-hybridized carbons (Fsp3) is 0.212. The molecule has 47 heavy (non-hydrogen) atoms. The number of hydrogen-bond donors (Lipinski definition) is 1. The van der Waals surface area contributed by atoms with Gasteiger partial charge in [-0.15, -0.1) is 5.10 Å². The number of ether oxygens (including phenoxy) is 2. The average molecular weight is 658 g/mol. The van der Waals surface area contributed by atoms with Crippen molar-refractivity contribution in [2.24, 2.45) is 0 Å². The van der Waals surface area contributed by atoms with E-state index in [0.717, 1.165) is 25.0 Å². The van der Waals surface area contributed by atoms with Crippen molar-refractivity contribution in [1.29, 1.82) is 0 Å². The van der Waals surface area contributed by atoms with Gasteiger partial charge in [-0.3, -0.25) is 0 Å². The van der Waals surface area contributed by atoms with E-state index in [4.69, 9.17) is 21.1 Å². The Labute approximate surface area is 271 Å². The van der Waals surface area contributed by atoms with Crippen LogP contribution in [0.25, 0.3) is 28.1 Å². The van der Waals surface area contributed by atoms with Gasteiger partial charge in [0.05, 0.1) is 52.4 Å². The first kappa shape index (κ1) is 30.4. The Balaban J connectivity index is 1.10. The Morgan fingerprint density at radius 1 is 1.04 bits per heavy atom. The van der Waals surface area contributed by atoms with Crippen LogP contribution in [-0.4, -0.2) is 58.3 Å². The number of halogens is 3. The maximum Gasteiger partial charge on any atom is 0.335 e. The molecule has 238 valence electrons. The maximum absolute atomic E-state index is 15.6. The molecule has 14 heteroatoms. The molecule has 0 spiro atoms. The van der Waals surface area contributed by atoms with Gasteiger partial charge in [0, 0.05) is 42.4 Å². The smallest absolute Gasteiger partial charge is 0.335 e. The maximum atomic E-state index is 15.6. The lowest BCUT2D eigenvalue weighted by Crippen LogP contribution is -2.11. The molecule has 4 heterocycles. The van der Waals surface area contributed by atoms with Crippen molar-refractivity contribution in [3.8, 4) is 23.0 Å². The van der Waals surface area contributed by atoms with Crippen molar-refractivity contribution in [2.75, 3.05) is 6.61 Å². The molecule has 1 fully saturated rings. The van der Waals surface area contributed by atoms with E-state index < -0.39 is 17.6 Å². The van der Waals surface area contributed by atoms with Gasteiger partial charge in [0.15, 0.2) is 5.82 Å². The molecular weight excluding hydrogens is 632 g/mol. The number of benzene rings is 2. The van der Waals surface area contributed by atoms with E-state index in [9.17, 15) is 9.90 Å². The number of carboxylic acids is 1. The minimum absolute atomic E-state index is 0.0232. The molecule has 0 aliphatic heterocycles. The normalized spacial score (nSPS) is 12.9. The van der Waals surface area contributed by atoms with Crippen LogP contribution >= 0.6 is 11.6 Å². The van der Waals surface area contributed by atoms with E-state index in [1.165, 1.54) is 23.0 Å². The minimum Gasteiger partial charge on any atom is -0.478 e.